The van der Waals surface area contributed by atoms with Crippen molar-refractivity contribution in [3.63, 3.8) is 0 Å². The maximum atomic E-state index is 5.44. The largest absolute Gasteiger partial charge is 0.495 e. The van der Waals surface area contributed by atoms with Crippen LogP contribution in [0.2, 0.25) is 0 Å². The van der Waals surface area contributed by atoms with Gasteiger partial charge in [0, 0.05) is 44.5 Å². The van der Waals surface area contributed by atoms with Gasteiger partial charge in [-0.05, 0) is 64.4 Å². The molecular weight excluding hydrogens is 388 g/mol. The summed E-state index contributed by atoms with van der Waals surface area (Å²) in [6, 6.07) is 15.3. The Kier molecular flexibility index (Phi) is 5.23. The van der Waals surface area contributed by atoms with Gasteiger partial charge in [0.05, 0.1) is 11.6 Å². The van der Waals surface area contributed by atoms with Gasteiger partial charge in [-0.3, -0.25) is 4.90 Å². The van der Waals surface area contributed by atoms with Crippen LogP contribution in [0.3, 0.4) is 0 Å². The molecule has 1 saturated heterocycles. The Labute approximate surface area is 165 Å². The van der Waals surface area contributed by atoms with Gasteiger partial charge in [0.25, 0.3) is 0 Å². The van der Waals surface area contributed by atoms with Gasteiger partial charge in [-0.25, -0.2) is 0 Å². The van der Waals surface area contributed by atoms with E-state index in [9.17, 15) is 0 Å². The molecule has 26 heavy (non-hydrogen) atoms. The summed E-state index contributed by atoms with van der Waals surface area (Å²) in [7, 11) is 1.72. The minimum Gasteiger partial charge on any atom is -0.495 e. The van der Waals surface area contributed by atoms with Crippen LogP contribution in [0.1, 0.15) is 23.5 Å². The van der Waals surface area contributed by atoms with Gasteiger partial charge >= 0.3 is 0 Å². The molecule has 2 fully saturated rings. The Hall–Kier alpha value is -1.52. The summed E-state index contributed by atoms with van der Waals surface area (Å²) >= 11 is 3.54. The van der Waals surface area contributed by atoms with Crippen molar-refractivity contribution in [2.24, 2.45) is 5.92 Å². The predicted molar refractivity (Wildman–Crippen MR) is 111 cm³/mol. The maximum absolute atomic E-state index is 5.44. The molecule has 0 amide bonds. The zero-order valence-electron chi connectivity index (χ0n) is 15.6. The number of hydrogen-bond donors (Lipinski definition) is 0. The monoisotopic (exact) mass is 414 g/mol. The molecule has 0 bridgehead atoms. The van der Waals surface area contributed by atoms with Crippen LogP contribution < -0.4 is 9.64 Å². The molecule has 2 atom stereocenters. The van der Waals surface area contributed by atoms with E-state index in [0.29, 0.717) is 0 Å². The molecule has 138 valence electrons. The SMILES string of the molecule is COc1cc(N2CCN(C[C@@H]3C[C@H]3c3ccccc3C)CC2)ccc1Br. The number of benzene rings is 2. The van der Waals surface area contributed by atoms with Gasteiger partial charge in [0.15, 0.2) is 0 Å². The molecule has 0 spiro atoms. The summed E-state index contributed by atoms with van der Waals surface area (Å²) in [5, 5.41) is 0. The van der Waals surface area contributed by atoms with Crippen molar-refractivity contribution in [2.75, 3.05) is 44.7 Å². The molecule has 4 heteroatoms. The Morgan fingerprint density at radius 2 is 1.85 bits per heavy atom. The Morgan fingerprint density at radius 1 is 1.08 bits per heavy atom. The summed E-state index contributed by atoms with van der Waals surface area (Å²) in [6.07, 6.45) is 1.36. The first kappa shape index (κ1) is 17.9. The zero-order valence-corrected chi connectivity index (χ0v) is 17.2. The van der Waals surface area contributed by atoms with E-state index in [4.69, 9.17) is 4.74 Å². The number of hydrogen-bond acceptors (Lipinski definition) is 3. The second-order valence-electron chi connectivity index (χ2n) is 7.57. The molecule has 2 aromatic carbocycles. The van der Waals surface area contributed by atoms with Gasteiger partial charge in [0.2, 0.25) is 0 Å². The van der Waals surface area contributed by atoms with Crippen LogP contribution in [0.4, 0.5) is 5.69 Å². The van der Waals surface area contributed by atoms with E-state index in [1.54, 1.807) is 12.7 Å². The average Bonchev–Trinajstić information content (AvgIpc) is 3.42. The van der Waals surface area contributed by atoms with Crippen LogP contribution in [0.25, 0.3) is 0 Å². The van der Waals surface area contributed by atoms with Crippen molar-refractivity contribution in [2.45, 2.75) is 19.3 Å². The minimum atomic E-state index is 0.782. The van der Waals surface area contributed by atoms with Crippen LogP contribution in [0.5, 0.6) is 5.75 Å². The highest BCUT2D eigenvalue weighted by Gasteiger charge is 2.40. The second kappa shape index (κ2) is 7.61. The summed E-state index contributed by atoms with van der Waals surface area (Å²) in [5.74, 6) is 2.53. The number of anilines is 1. The molecule has 1 aliphatic carbocycles. The summed E-state index contributed by atoms with van der Waals surface area (Å²) in [6.45, 7) is 7.97. The molecule has 4 rings (SSSR count). The highest BCUT2D eigenvalue weighted by molar-refractivity contribution is 9.10. The molecule has 1 aliphatic heterocycles. The Balaban J connectivity index is 1.30. The van der Waals surface area contributed by atoms with Crippen LogP contribution in [-0.2, 0) is 0 Å². The van der Waals surface area contributed by atoms with Gasteiger partial charge in [-0.15, -0.1) is 0 Å². The fourth-order valence-corrected chi connectivity index (χ4v) is 4.61. The van der Waals surface area contributed by atoms with Crippen molar-refractivity contribution < 1.29 is 4.74 Å². The predicted octanol–water partition coefficient (Wildman–Crippen LogP) is 4.69. The van der Waals surface area contributed by atoms with Gasteiger partial charge in [0.1, 0.15) is 5.75 Å². The number of ether oxygens (including phenoxy) is 1. The number of aryl methyl sites for hydroxylation is 1. The lowest BCUT2D eigenvalue weighted by Gasteiger charge is -2.36. The van der Waals surface area contributed by atoms with Crippen LogP contribution in [0, 0.1) is 12.8 Å². The van der Waals surface area contributed by atoms with E-state index in [1.807, 2.05) is 0 Å². The molecule has 0 unspecified atom stereocenters. The van der Waals surface area contributed by atoms with Crippen LogP contribution in [0.15, 0.2) is 46.9 Å². The number of piperazine rings is 1. The lowest BCUT2D eigenvalue weighted by Crippen LogP contribution is -2.47. The number of halogens is 1. The van der Waals surface area contributed by atoms with Crippen molar-refractivity contribution in [3.8, 4) is 5.75 Å². The maximum Gasteiger partial charge on any atom is 0.135 e. The lowest BCUT2D eigenvalue weighted by atomic mass is 10.0. The van der Waals surface area contributed by atoms with Crippen molar-refractivity contribution in [1.82, 2.24) is 4.90 Å². The van der Waals surface area contributed by atoms with Crippen LogP contribution >= 0.6 is 15.9 Å². The van der Waals surface area contributed by atoms with Crippen molar-refractivity contribution in [1.29, 1.82) is 0 Å². The Morgan fingerprint density at radius 3 is 2.58 bits per heavy atom. The topological polar surface area (TPSA) is 15.7 Å². The minimum absolute atomic E-state index is 0.782. The third-order valence-corrected chi connectivity index (χ3v) is 6.53. The molecule has 0 N–H and O–H groups in total. The van der Waals surface area contributed by atoms with Crippen LogP contribution in [-0.4, -0.2) is 44.7 Å². The van der Waals surface area contributed by atoms with E-state index >= 15 is 0 Å². The van der Waals surface area contributed by atoms with E-state index in [2.05, 4.69) is 75.1 Å². The first-order chi connectivity index (χ1) is 12.7. The quantitative estimate of drug-likeness (QED) is 0.705. The second-order valence-corrected chi connectivity index (χ2v) is 8.42. The number of rotatable bonds is 5. The lowest BCUT2D eigenvalue weighted by molar-refractivity contribution is 0.246. The van der Waals surface area contributed by atoms with Gasteiger partial charge in [-0.1, -0.05) is 24.3 Å². The molecule has 1 heterocycles. The molecule has 0 radical (unpaired) electrons. The average molecular weight is 415 g/mol. The molecule has 3 nitrogen and oxygen atoms in total. The molecule has 1 saturated carbocycles. The highest BCUT2D eigenvalue weighted by Crippen LogP contribution is 2.48. The summed E-state index contributed by atoms with van der Waals surface area (Å²) in [5.41, 5.74) is 4.28. The van der Waals surface area contributed by atoms with E-state index in [1.165, 1.54) is 24.2 Å². The first-order valence-electron chi connectivity index (χ1n) is 9.52. The van der Waals surface area contributed by atoms with E-state index in [-0.39, 0.29) is 0 Å². The Bertz CT molecular complexity index is 770. The third kappa shape index (κ3) is 3.77. The van der Waals surface area contributed by atoms with Gasteiger partial charge in [-0.2, -0.15) is 0 Å². The van der Waals surface area contributed by atoms with Crippen molar-refractivity contribution in [3.05, 3.63) is 58.1 Å². The van der Waals surface area contributed by atoms with E-state index < -0.39 is 0 Å². The number of nitrogens with zero attached hydrogens (tertiary/aromatic N) is 2. The summed E-state index contributed by atoms with van der Waals surface area (Å²) in [4.78, 5) is 5.12. The normalized spacial score (nSPS) is 23.1. The molecule has 2 aliphatic rings. The molecule has 0 aromatic heterocycles. The van der Waals surface area contributed by atoms with Gasteiger partial charge < -0.3 is 9.64 Å². The fraction of sp³-hybridized carbons (Fsp3) is 0.455. The molecular formula is C22H27BrN2O. The van der Waals surface area contributed by atoms with E-state index in [0.717, 1.165) is 48.2 Å². The fourth-order valence-electron chi connectivity index (χ4n) is 4.20. The summed E-state index contributed by atoms with van der Waals surface area (Å²) < 4.78 is 6.45. The van der Waals surface area contributed by atoms with Crippen molar-refractivity contribution >= 4 is 21.6 Å². The third-order valence-electron chi connectivity index (χ3n) is 5.88. The standard InChI is InChI=1S/C22H27BrN2O/c1-16-5-3-4-6-19(16)20-13-17(20)15-24-9-11-25(12-10-24)18-7-8-21(23)22(14-18)26-2/h3-8,14,17,20H,9-13,15H2,1-2H3/t17-,20+/m0/s1. The highest BCUT2D eigenvalue weighted by atomic mass is 79.9. The first-order valence-corrected chi connectivity index (χ1v) is 10.3. The molecule has 2 aromatic rings. The number of methoxy groups -OCH3 is 1. The zero-order chi connectivity index (χ0) is 18.1. The smallest absolute Gasteiger partial charge is 0.135 e.